The van der Waals surface area contributed by atoms with E-state index in [1.165, 1.54) is 14.2 Å². The van der Waals surface area contributed by atoms with Crippen molar-refractivity contribution in [2.45, 2.75) is 32.8 Å². The van der Waals surface area contributed by atoms with E-state index in [2.05, 4.69) is 25.0 Å². The second-order valence-electron chi connectivity index (χ2n) is 9.74. The number of nitrogens with one attached hydrogen (secondary N) is 1. The van der Waals surface area contributed by atoms with Crippen LogP contribution in [0.3, 0.4) is 0 Å². The van der Waals surface area contributed by atoms with E-state index in [1.807, 2.05) is 42.7 Å². The van der Waals surface area contributed by atoms with Crippen LogP contribution < -0.4 is 11.1 Å². The number of aryl methyl sites for hydroxylation is 2. The number of nitrogen functional groups attached to an aromatic ring is 1. The molecule has 3 aromatic heterocycles. The Morgan fingerprint density at radius 3 is 2.09 bits per heavy atom. The van der Waals surface area contributed by atoms with Crippen LogP contribution in [0.2, 0.25) is 0 Å². The van der Waals surface area contributed by atoms with Crippen molar-refractivity contribution in [3.05, 3.63) is 113 Å². The smallest absolute Gasteiger partial charge is 0.337 e. The number of hydrogen-bond donors (Lipinski definition) is 2. The van der Waals surface area contributed by atoms with Crippen LogP contribution in [0, 0.1) is 13.8 Å². The Morgan fingerprint density at radius 2 is 1.47 bits per heavy atom. The van der Waals surface area contributed by atoms with E-state index in [0.717, 1.165) is 39.4 Å². The number of anilines is 2. The number of hydrogen-bond acceptors (Lipinski definition) is 9. The third-order valence-electron chi connectivity index (χ3n) is 6.57. The first-order valence-corrected chi connectivity index (χ1v) is 13.9. The van der Waals surface area contributed by atoms with E-state index in [9.17, 15) is 9.59 Å². The molecule has 0 atom stereocenters. The predicted octanol–water partition coefficient (Wildman–Crippen LogP) is 5.68. The normalized spacial score (nSPS) is 10.5. The van der Waals surface area contributed by atoms with Crippen LogP contribution in [0.5, 0.6) is 0 Å². The van der Waals surface area contributed by atoms with Gasteiger partial charge in [0.05, 0.1) is 78.1 Å². The first-order valence-electron chi connectivity index (χ1n) is 13.4. The van der Waals surface area contributed by atoms with Crippen molar-refractivity contribution in [2.75, 3.05) is 25.3 Å². The van der Waals surface area contributed by atoms with Gasteiger partial charge in [-0.2, -0.15) is 0 Å². The molecule has 11 heteroatoms. The van der Waals surface area contributed by atoms with Crippen molar-refractivity contribution in [3.8, 4) is 0 Å². The number of imidazole rings is 1. The summed E-state index contributed by atoms with van der Waals surface area (Å²) in [5.41, 5.74) is 13.8. The van der Waals surface area contributed by atoms with Gasteiger partial charge >= 0.3 is 11.9 Å². The molecule has 0 amide bonds. The molecule has 0 saturated heterocycles. The molecule has 10 nitrogen and oxygen atoms in total. The highest BCUT2D eigenvalue weighted by Gasteiger charge is 2.14. The Kier molecular flexibility index (Phi) is 10.3. The molecule has 5 aromatic rings. The zero-order valence-corrected chi connectivity index (χ0v) is 25.2. The summed E-state index contributed by atoms with van der Waals surface area (Å²) in [4.78, 5) is 36.4. The second-order valence-corrected chi connectivity index (χ2v) is 10.0. The number of rotatable bonds is 8. The molecule has 3 N–H and O–H groups in total. The fourth-order valence-corrected chi connectivity index (χ4v) is 4.58. The minimum absolute atomic E-state index is 0.286. The van der Waals surface area contributed by atoms with Crippen molar-refractivity contribution in [3.63, 3.8) is 0 Å². The lowest BCUT2D eigenvalue weighted by molar-refractivity contribution is 0.0592. The number of methoxy groups -OCH3 is 2. The van der Waals surface area contributed by atoms with E-state index < -0.39 is 0 Å². The standard InChI is InChI=1S/C17H16ClN3O2.C15H17N3O2/c1-11-5-6-19-13(7-11)10-21-15-8-12(17(22)23-2)3-4-14(15)20-16(21)9-18;1-10-5-6-17-12(7-10)9-18-14-8-11(15(19)20-2)3-4-13(14)16/h3-8H,9-10H2,1-2H3;3-8,18H,9,16H2,1-2H3. The highest BCUT2D eigenvalue weighted by Crippen LogP contribution is 2.22. The highest BCUT2D eigenvalue weighted by molar-refractivity contribution is 6.16. The number of fused-ring (bicyclic) bond motifs is 1. The van der Waals surface area contributed by atoms with Gasteiger partial charge in [0, 0.05) is 12.4 Å². The number of pyridine rings is 2. The van der Waals surface area contributed by atoms with Crippen LogP contribution in [0.15, 0.2) is 73.1 Å². The molecule has 0 aliphatic carbocycles. The topological polar surface area (TPSA) is 134 Å². The van der Waals surface area contributed by atoms with E-state index in [4.69, 9.17) is 22.1 Å². The molecular formula is C32H33ClN6O4. The fourth-order valence-electron chi connectivity index (χ4n) is 4.38. The van der Waals surface area contributed by atoms with Crippen LogP contribution in [0.4, 0.5) is 11.4 Å². The largest absolute Gasteiger partial charge is 0.465 e. The maximum atomic E-state index is 11.8. The van der Waals surface area contributed by atoms with E-state index in [1.54, 1.807) is 48.8 Å². The van der Waals surface area contributed by atoms with Gasteiger partial charge < -0.3 is 25.1 Å². The summed E-state index contributed by atoms with van der Waals surface area (Å²) in [5.74, 6) is 0.267. The molecule has 0 aliphatic rings. The third kappa shape index (κ3) is 7.87. The van der Waals surface area contributed by atoms with Crippen LogP contribution >= 0.6 is 11.6 Å². The first-order chi connectivity index (χ1) is 20.7. The van der Waals surface area contributed by atoms with Gasteiger partial charge in [-0.15, -0.1) is 11.6 Å². The minimum Gasteiger partial charge on any atom is -0.465 e. The van der Waals surface area contributed by atoms with Gasteiger partial charge in [0.1, 0.15) is 5.82 Å². The van der Waals surface area contributed by atoms with Gasteiger partial charge in [-0.3, -0.25) is 9.97 Å². The van der Waals surface area contributed by atoms with Crippen molar-refractivity contribution < 1.29 is 19.1 Å². The van der Waals surface area contributed by atoms with Crippen LogP contribution in [0.1, 0.15) is 49.1 Å². The van der Waals surface area contributed by atoms with Gasteiger partial charge in [0.25, 0.3) is 0 Å². The number of benzene rings is 2. The molecule has 3 heterocycles. The number of carbonyl (C=O) groups is 2. The Labute approximate surface area is 254 Å². The molecule has 0 aliphatic heterocycles. The number of ether oxygens (including phenoxy) is 2. The molecule has 0 fully saturated rings. The monoisotopic (exact) mass is 600 g/mol. The molecule has 0 spiro atoms. The number of carbonyl (C=O) groups excluding carboxylic acids is 2. The van der Waals surface area contributed by atoms with Gasteiger partial charge in [-0.05, 0) is 85.6 Å². The molecule has 5 rings (SSSR count). The van der Waals surface area contributed by atoms with Crippen molar-refractivity contribution >= 4 is 45.9 Å². The second kappa shape index (κ2) is 14.3. The van der Waals surface area contributed by atoms with Gasteiger partial charge in [-0.25, -0.2) is 14.6 Å². The quantitative estimate of drug-likeness (QED) is 0.131. The molecule has 0 bridgehead atoms. The summed E-state index contributed by atoms with van der Waals surface area (Å²) < 4.78 is 11.5. The lowest BCUT2D eigenvalue weighted by atomic mass is 10.1. The average Bonchev–Trinajstić information content (AvgIpc) is 3.36. The lowest BCUT2D eigenvalue weighted by Crippen LogP contribution is -2.07. The number of alkyl halides is 1. The van der Waals surface area contributed by atoms with Crippen LogP contribution in [-0.2, 0) is 28.4 Å². The van der Waals surface area contributed by atoms with E-state index >= 15 is 0 Å². The molecule has 222 valence electrons. The predicted molar refractivity (Wildman–Crippen MR) is 167 cm³/mol. The zero-order valence-electron chi connectivity index (χ0n) is 24.4. The molecule has 0 radical (unpaired) electrons. The van der Waals surface area contributed by atoms with Crippen molar-refractivity contribution in [1.82, 2.24) is 19.5 Å². The summed E-state index contributed by atoms with van der Waals surface area (Å²) in [7, 11) is 2.72. The van der Waals surface area contributed by atoms with Crippen molar-refractivity contribution in [2.24, 2.45) is 0 Å². The number of aromatic nitrogens is 4. The number of nitrogens with zero attached hydrogens (tertiary/aromatic N) is 4. The highest BCUT2D eigenvalue weighted by atomic mass is 35.5. The minimum atomic E-state index is -0.387. The summed E-state index contributed by atoms with van der Waals surface area (Å²) in [6, 6.07) is 18.2. The summed E-state index contributed by atoms with van der Waals surface area (Å²) in [6.45, 7) is 5.12. The van der Waals surface area contributed by atoms with Crippen LogP contribution in [-0.4, -0.2) is 45.7 Å². The van der Waals surface area contributed by atoms with E-state index in [0.29, 0.717) is 35.6 Å². The molecule has 0 unspecified atom stereocenters. The lowest BCUT2D eigenvalue weighted by Gasteiger charge is -2.10. The molecule has 43 heavy (non-hydrogen) atoms. The molecule has 0 saturated carbocycles. The Morgan fingerprint density at radius 1 is 0.860 bits per heavy atom. The average molecular weight is 601 g/mol. The van der Waals surface area contributed by atoms with E-state index in [-0.39, 0.29) is 17.8 Å². The summed E-state index contributed by atoms with van der Waals surface area (Å²) >= 11 is 6.04. The Bertz CT molecular complexity index is 1750. The zero-order chi connectivity index (χ0) is 30.9. The molecular weight excluding hydrogens is 568 g/mol. The van der Waals surface area contributed by atoms with Gasteiger partial charge in [0.2, 0.25) is 0 Å². The fraction of sp³-hybridized carbons (Fsp3) is 0.219. The van der Waals surface area contributed by atoms with Gasteiger partial charge in [-0.1, -0.05) is 0 Å². The maximum Gasteiger partial charge on any atom is 0.337 e. The number of halogens is 1. The van der Waals surface area contributed by atoms with Crippen LogP contribution in [0.25, 0.3) is 11.0 Å². The first kappa shape index (κ1) is 31.0. The van der Waals surface area contributed by atoms with Crippen molar-refractivity contribution in [1.29, 1.82) is 0 Å². The maximum absolute atomic E-state index is 11.8. The van der Waals surface area contributed by atoms with Gasteiger partial charge in [0.15, 0.2) is 0 Å². The Hall–Kier alpha value is -4.96. The molecule has 2 aromatic carbocycles. The number of esters is 2. The summed E-state index contributed by atoms with van der Waals surface area (Å²) in [6.07, 6.45) is 3.55. The SMILES string of the molecule is COC(=O)c1ccc(N)c(NCc2cc(C)ccn2)c1.COC(=O)c1ccc2nc(CCl)n(Cc3cc(C)ccn3)c2c1. The Balaban J connectivity index is 0.000000199. The summed E-state index contributed by atoms with van der Waals surface area (Å²) in [5, 5.41) is 3.18. The third-order valence-corrected chi connectivity index (χ3v) is 6.81. The number of nitrogens with two attached hydrogens (primary N) is 1.